The largest absolute Gasteiger partial charge is 0.388 e. The highest BCUT2D eigenvalue weighted by Crippen LogP contribution is 2.20. The molecular formula is C13H26N2O3. The molecule has 1 saturated heterocycles. The molecule has 0 aliphatic carbocycles. The standard InChI is InChI=1S/C13H26N2O3/c1-12(2,13(3,4)17)15-11(16)9-18-10-5-7-14-8-6-10/h10,14,17H,5-9H2,1-4H3,(H,15,16). The average molecular weight is 258 g/mol. The lowest BCUT2D eigenvalue weighted by molar-refractivity contribution is -0.133. The minimum absolute atomic E-state index is 0.0597. The molecule has 1 heterocycles. The number of amides is 1. The fraction of sp³-hybridized carbons (Fsp3) is 0.923. The van der Waals surface area contributed by atoms with Gasteiger partial charge in [0.2, 0.25) is 5.91 Å². The van der Waals surface area contributed by atoms with Crippen LogP contribution in [0, 0.1) is 0 Å². The van der Waals surface area contributed by atoms with Gasteiger partial charge in [-0.1, -0.05) is 0 Å². The van der Waals surface area contributed by atoms with Gasteiger partial charge in [0.15, 0.2) is 0 Å². The summed E-state index contributed by atoms with van der Waals surface area (Å²) in [4.78, 5) is 11.8. The van der Waals surface area contributed by atoms with Gasteiger partial charge in [0, 0.05) is 0 Å². The maximum atomic E-state index is 11.8. The van der Waals surface area contributed by atoms with E-state index < -0.39 is 11.1 Å². The number of hydrogen-bond acceptors (Lipinski definition) is 4. The van der Waals surface area contributed by atoms with Crippen molar-refractivity contribution in [2.24, 2.45) is 0 Å². The molecule has 1 aliphatic rings. The van der Waals surface area contributed by atoms with E-state index in [4.69, 9.17) is 4.74 Å². The molecule has 1 amide bonds. The van der Waals surface area contributed by atoms with Crippen LogP contribution in [-0.4, -0.2) is 48.0 Å². The number of rotatable bonds is 5. The van der Waals surface area contributed by atoms with Gasteiger partial charge in [0.25, 0.3) is 0 Å². The van der Waals surface area contributed by atoms with E-state index in [-0.39, 0.29) is 18.6 Å². The molecule has 5 heteroatoms. The topological polar surface area (TPSA) is 70.6 Å². The molecule has 1 fully saturated rings. The Labute approximate surface area is 109 Å². The lowest BCUT2D eigenvalue weighted by Gasteiger charge is -2.38. The summed E-state index contributed by atoms with van der Waals surface area (Å²) < 4.78 is 5.57. The second-order valence-corrected chi connectivity index (χ2v) is 5.99. The second kappa shape index (κ2) is 5.99. The molecule has 0 radical (unpaired) electrons. The number of piperidine rings is 1. The van der Waals surface area contributed by atoms with E-state index in [1.165, 1.54) is 0 Å². The summed E-state index contributed by atoms with van der Waals surface area (Å²) in [6.07, 6.45) is 2.06. The SMILES string of the molecule is CC(C)(O)C(C)(C)NC(=O)COC1CCNCC1. The molecule has 18 heavy (non-hydrogen) atoms. The Morgan fingerprint density at radius 3 is 2.39 bits per heavy atom. The maximum Gasteiger partial charge on any atom is 0.246 e. The van der Waals surface area contributed by atoms with E-state index >= 15 is 0 Å². The summed E-state index contributed by atoms with van der Waals surface area (Å²) in [7, 11) is 0. The van der Waals surface area contributed by atoms with Gasteiger partial charge < -0.3 is 20.5 Å². The number of hydrogen-bond donors (Lipinski definition) is 3. The third kappa shape index (κ3) is 4.55. The van der Waals surface area contributed by atoms with E-state index in [0.29, 0.717) is 0 Å². The first-order valence-electron chi connectivity index (χ1n) is 6.58. The molecule has 106 valence electrons. The summed E-state index contributed by atoms with van der Waals surface area (Å²) in [6, 6.07) is 0. The number of aliphatic hydroxyl groups is 1. The van der Waals surface area contributed by atoms with Crippen LogP contribution in [0.4, 0.5) is 0 Å². The first-order valence-corrected chi connectivity index (χ1v) is 6.58. The number of carbonyl (C=O) groups is 1. The van der Waals surface area contributed by atoms with Gasteiger partial charge in [-0.25, -0.2) is 0 Å². The summed E-state index contributed by atoms with van der Waals surface area (Å²) in [5, 5.41) is 16.0. The zero-order valence-corrected chi connectivity index (χ0v) is 11.9. The van der Waals surface area contributed by atoms with Crippen LogP contribution < -0.4 is 10.6 Å². The van der Waals surface area contributed by atoms with Crippen molar-refractivity contribution in [1.82, 2.24) is 10.6 Å². The van der Waals surface area contributed by atoms with Gasteiger partial charge in [0.1, 0.15) is 6.61 Å². The predicted octanol–water partition coefficient (Wildman–Crippen LogP) is 0.421. The van der Waals surface area contributed by atoms with Gasteiger partial charge in [-0.3, -0.25) is 4.79 Å². The average Bonchev–Trinajstić information content (AvgIpc) is 2.26. The van der Waals surface area contributed by atoms with Crippen LogP contribution in [0.25, 0.3) is 0 Å². The van der Waals surface area contributed by atoms with Crippen molar-refractivity contribution >= 4 is 5.91 Å². The summed E-state index contributed by atoms with van der Waals surface area (Å²) in [5.41, 5.74) is -1.65. The molecular weight excluding hydrogens is 232 g/mol. The van der Waals surface area contributed by atoms with Crippen LogP contribution >= 0.6 is 0 Å². The maximum absolute atomic E-state index is 11.8. The van der Waals surface area contributed by atoms with Crippen molar-refractivity contribution in [2.45, 2.75) is 57.8 Å². The molecule has 0 aromatic rings. The van der Waals surface area contributed by atoms with Crippen LogP contribution in [0.15, 0.2) is 0 Å². The van der Waals surface area contributed by atoms with Gasteiger partial charge >= 0.3 is 0 Å². The van der Waals surface area contributed by atoms with E-state index in [9.17, 15) is 9.90 Å². The quantitative estimate of drug-likeness (QED) is 0.668. The third-order valence-electron chi connectivity index (χ3n) is 3.72. The Morgan fingerprint density at radius 2 is 1.89 bits per heavy atom. The van der Waals surface area contributed by atoms with E-state index in [1.807, 2.05) is 0 Å². The van der Waals surface area contributed by atoms with Gasteiger partial charge in [-0.15, -0.1) is 0 Å². The van der Waals surface area contributed by atoms with Crippen molar-refractivity contribution < 1.29 is 14.6 Å². The summed E-state index contributed by atoms with van der Waals surface area (Å²) >= 11 is 0. The van der Waals surface area contributed by atoms with Crippen LogP contribution in [0.1, 0.15) is 40.5 Å². The van der Waals surface area contributed by atoms with Crippen molar-refractivity contribution in [3.63, 3.8) is 0 Å². The molecule has 1 rings (SSSR count). The molecule has 0 spiro atoms. The Morgan fingerprint density at radius 1 is 1.33 bits per heavy atom. The predicted molar refractivity (Wildman–Crippen MR) is 70.4 cm³/mol. The molecule has 3 N–H and O–H groups in total. The van der Waals surface area contributed by atoms with Gasteiger partial charge in [0.05, 0.1) is 17.2 Å². The molecule has 0 saturated carbocycles. The fourth-order valence-corrected chi connectivity index (χ4v) is 1.69. The number of carbonyl (C=O) groups excluding carboxylic acids is 1. The Hall–Kier alpha value is -0.650. The van der Waals surface area contributed by atoms with Gasteiger partial charge in [-0.05, 0) is 53.6 Å². The zero-order chi connectivity index (χ0) is 13.8. The molecule has 0 aromatic carbocycles. The summed E-state index contributed by atoms with van der Waals surface area (Å²) in [6.45, 7) is 8.92. The van der Waals surface area contributed by atoms with Crippen LogP contribution in [0.5, 0.6) is 0 Å². The highest BCUT2D eigenvalue weighted by atomic mass is 16.5. The van der Waals surface area contributed by atoms with E-state index in [1.54, 1.807) is 27.7 Å². The minimum Gasteiger partial charge on any atom is -0.388 e. The van der Waals surface area contributed by atoms with Gasteiger partial charge in [-0.2, -0.15) is 0 Å². The molecule has 1 aliphatic heterocycles. The zero-order valence-electron chi connectivity index (χ0n) is 11.9. The van der Waals surface area contributed by atoms with Crippen LogP contribution in [-0.2, 0) is 9.53 Å². The first kappa shape index (κ1) is 15.4. The molecule has 0 aromatic heterocycles. The Kier molecular flexibility index (Phi) is 5.13. The van der Waals surface area contributed by atoms with Crippen molar-refractivity contribution in [3.05, 3.63) is 0 Å². The van der Waals surface area contributed by atoms with Crippen molar-refractivity contribution in [2.75, 3.05) is 19.7 Å². The summed E-state index contributed by atoms with van der Waals surface area (Å²) in [5.74, 6) is -0.180. The molecule has 0 atom stereocenters. The highest BCUT2D eigenvalue weighted by molar-refractivity contribution is 5.78. The lowest BCUT2D eigenvalue weighted by atomic mass is 9.86. The molecule has 0 unspecified atom stereocenters. The van der Waals surface area contributed by atoms with E-state index in [2.05, 4.69) is 10.6 Å². The van der Waals surface area contributed by atoms with Crippen molar-refractivity contribution in [1.29, 1.82) is 0 Å². The Balaban J connectivity index is 2.33. The molecule has 5 nitrogen and oxygen atoms in total. The first-order chi connectivity index (χ1) is 8.22. The molecule has 0 bridgehead atoms. The van der Waals surface area contributed by atoms with E-state index in [0.717, 1.165) is 25.9 Å². The second-order valence-electron chi connectivity index (χ2n) is 5.99. The highest BCUT2D eigenvalue weighted by Gasteiger charge is 2.36. The monoisotopic (exact) mass is 258 g/mol. The smallest absolute Gasteiger partial charge is 0.246 e. The Bertz CT molecular complexity index is 278. The number of nitrogens with one attached hydrogen (secondary N) is 2. The normalized spacial score (nSPS) is 18.7. The fourth-order valence-electron chi connectivity index (χ4n) is 1.69. The minimum atomic E-state index is -0.975. The van der Waals surface area contributed by atoms with Crippen molar-refractivity contribution in [3.8, 4) is 0 Å². The third-order valence-corrected chi connectivity index (χ3v) is 3.72. The number of ether oxygens (including phenoxy) is 1. The van der Waals surface area contributed by atoms with Crippen LogP contribution in [0.2, 0.25) is 0 Å². The van der Waals surface area contributed by atoms with Crippen LogP contribution in [0.3, 0.4) is 0 Å². The lowest BCUT2D eigenvalue weighted by Crippen LogP contribution is -2.58.